The zero-order chi connectivity index (χ0) is 15.6. The summed E-state index contributed by atoms with van der Waals surface area (Å²) in [7, 11) is 0. The van der Waals surface area contributed by atoms with Gasteiger partial charge in [0.1, 0.15) is 0 Å². The van der Waals surface area contributed by atoms with Crippen molar-refractivity contribution in [1.82, 2.24) is 10.2 Å². The maximum atomic E-state index is 4.95. The van der Waals surface area contributed by atoms with Crippen LogP contribution < -0.4 is 5.32 Å². The Kier molecular flexibility index (Phi) is 4.90. The van der Waals surface area contributed by atoms with Crippen molar-refractivity contribution in [2.75, 3.05) is 12.3 Å². The van der Waals surface area contributed by atoms with Crippen LogP contribution in [-0.4, -0.2) is 45.7 Å². The minimum absolute atomic E-state index is 0.556. The first kappa shape index (κ1) is 15.9. The van der Waals surface area contributed by atoms with Crippen LogP contribution in [0.2, 0.25) is 0 Å². The fourth-order valence-electron chi connectivity index (χ4n) is 3.90. The molecule has 3 heterocycles. The molecule has 0 aromatic carbocycles. The van der Waals surface area contributed by atoms with Crippen LogP contribution in [0, 0.1) is 0 Å². The van der Waals surface area contributed by atoms with E-state index in [1.54, 1.807) is 0 Å². The van der Waals surface area contributed by atoms with Gasteiger partial charge in [0, 0.05) is 17.5 Å². The van der Waals surface area contributed by atoms with Crippen LogP contribution in [0.5, 0.6) is 0 Å². The van der Waals surface area contributed by atoms with Crippen molar-refractivity contribution < 1.29 is 0 Å². The van der Waals surface area contributed by atoms with Crippen molar-refractivity contribution in [3.8, 4) is 0 Å². The van der Waals surface area contributed by atoms with Gasteiger partial charge in [-0.3, -0.25) is 9.98 Å². The highest BCUT2D eigenvalue weighted by Crippen LogP contribution is 2.41. The molecule has 23 heavy (non-hydrogen) atoms. The number of amidine groups is 2. The number of nitrogens with zero attached hydrogens (tertiary/aromatic N) is 3. The summed E-state index contributed by atoms with van der Waals surface area (Å²) in [6.45, 7) is 3.21. The van der Waals surface area contributed by atoms with Crippen molar-refractivity contribution in [1.29, 1.82) is 0 Å². The smallest absolute Gasteiger partial charge is 0.168 e. The van der Waals surface area contributed by atoms with Crippen LogP contribution in [0.3, 0.4) is 0 Å². The monoisotopic (exact) mass is 350 g/mol. The van der Waals surface area contributed by atoms with E-state index in [-0.39, 0.29) is 0 Å². The summed E-state index contributed by atoms with van der Waals surface area (Å²) in [6.07, 6.45) is 9.10. The molecular weight excluding hydrogens is 324 g/mol. The lowest BCUT2D eigenvalue weighted by molar-refractivity contribution is 0.285. The molecule has 3 aliphatic heterocycles. The topological polar surface area (TPSA) is 40.0 Å². The van der Waals surface area contributed by atoms with E-state index in [2.05, 4.69) is 27.5 Å². The molecule has 1 unspecified atom stereocenters. The van der Waals surface area contributed by atoms with Crippen molar-refractivity contribution in [2.24, 2.45) is 9.98 Å². The Balaban J connectivity index is 1.30. The van der Waals surface area contributed by atoms with Gasteiger partial charge in [-0.05, 0) is 24.7 Å². The number of nitrogens with one attached hydrogen (secondary N) is 1. The molecule has 0 spiro atoms. The lowest BCUT2D eigenvalue weighted by Crippen LogP contribution is -2.39. The predicted octanol–water partition coefficient (Wildman–Crippen LogP) is 3.81. The Morgan fingerprint density at radius 1 is 1.39 bits per heavy atom. The highest BCUT2D eigenvalue weighted by atomic mass is 32.2. The van der Waals surface area contributed by atoms with Crippen LogP contribution >= 0.6 is 23.5 Å². The standard InChI is InChI=1S/C17H26N4S2/c1-2-3-6-12-9-18-16(19-12)22-10-13-11-23-17-20-14-7-4-5-8-15(14)21(13)17/h11-12,14-15H,2-10H2,1H3,(H,18,19)/t12-,14-,15?/m0/s1. The van der Waals surface area contributed by atoms with E-state index in [0.717, 1.165) is 17.5 Å². The van der Waals surface area contributed by atoms with Gasteiger partial charge in [0.15, 0.2) is 10.3 Å². The second-order valence-electron chi connectivity index (χ2n) is 6.85. The summed E-state index contributed by atoms with van der Waals surface area (Å²) in [4.78, 5) is 12.2. The molecule has 6 heteroatoms. The number of aliphatic imine (C=N–C) groups is 2. The molecule has 1 N–H and O–H groups in total. The van der Waals surface area contributed by atoms with Gasteiger partial charge in [0.2, 0.25) is 0 Å². The number of fused-ring (bicyclic) bond motifs is 3. The quantitative estimate of drug-likeness (QED) is 0.818. The largest absolute Gasteiger partial charge is 0.360 e. The molecule has 1 saturated carbocycles. The zero-order valence-electron chi connectivity index (χ0n) is 13.8. The highest BCUT2D eigenvalue weighted by molar-refractivity contribution is 8.17. The van der Waals surface area contributed by atoms with E-state index in [1.807, 2.05) is 23.5 Å². The van der Waals surface area contributed by atoms with E-state index >= 15 is 0 Å². The zero-order valence-corrected chi connectivity index (χ0v) is 15.5. The summed E-state index contributed by atoms with van der Waals surface area (Å²) < 4.78 is 0. The fraction of sp³-hybridized carbons (Fsp3) is 0.765. The van der Waals surface area contributed by atoms with Crippen molar-refractivity contribution in [3.63, 3.8) is 0 Å². The summed E-state index contributed by atoms with van der Waals surface area (Å²) in [5.74, 6) is 1.02. The van der Waals surface area contributed by atoms with Gasteiger partial charge in [-0.2, -0.15) is 0 Å². The Labute approximate surface area is 147 Å². The van der Waals surface area contributed by atoms with Crippen molar-refractivity contribution in [2.45, 2.75) is 70.0 Å². The number of hydrogen-bond acceptors (Lipinski definition) is 6. The van der Waals surface area contributed by atoms with Gasteiger partial charge in [0.25, 0.3) is 0 Å². The van der Waals surface area contributed by atoms with Gasteiger partial charge in [-0.1, -0.05) is 56.1 Å². The number of thioether (sulfide) groups is 2. The Hall–Kier alpha value is -0.620. The first-order chi connectivity index (χ1) is 11.3. The Morgan fingerprint density at radius 3 is 3.22 bits per heavy atom. The molecule has 0 bridgehead atoms. The molecule has 3 atom stereocenters. The van der Waals surface area contributed by atoms with Gasteiger partial charge < -0.3 is 10.2 Å². The maximum Gasteiger partial charge on any atom is 0.168 e. The van der Waals surface area contributed by atoms with Crippen LogP contribution in [0.25, 0.3) is 0 Å². The third-order valence-corrected chi connectivity index (χ3v) is 7.03. The SMILES string of the molecule is CCCC[C@H]1CN=C(SCC2=CSC3=N[C@H]4CCCCC4N23)N1. The minimum atomic E-state index is 0.556. The predicted molar refractivity (Wildman–Crippen MR) is 102 cm³/mol. The van der Waals surface area contributed by atoms with Gasteiger partial charge in [-0.15, -0.1) is 0 Å². The minimum Gasteiger partial charge on any atom is -0.360 e. The van der Waals surface area contributed by atoms with Gasteiger partial charge in [0.05, 0.1) is 18.6 Å². The van der Waals surface area contributed by atoms with Gasteiger partial charge >= 0.3 is 0 Å². The summed E-state index contributed by atoms with van der Waals surface area (Å²) in [5, 5.41) is 8.29. The van der Waals surface area contributed by atoms with Crippen LogP contribution in [0.15, 0.2) is 21.1 Å². The first-order valence-corrected chi connectivity index (χ1v) is 10.9. The highest BCUT2D eigenvalue weighted by Gasteiger charge is 2.41. The second-order valence-corrected chi connectivity index (χ2v) is 8.65. The fourth-order valence-corrected chi connectivity index (χ4v) is 5.93. The average molecular weight is 351 g/mol. The molecule has 0 radical (unpaired) electrons. The number of unbranched alkanes of at least 4 members (excludes halogenated alkanes) is 1. The van der Waals surface area contributed by atoms with E-state index in [0.29, 0.717) is 18.1 Å². The van der Waals surface area contributed by atoms with Crippen molar-refractivity contribution >= 4 is 33.9 Å². The van der Waals surface area contributed by atoms with E-state index in [4.69, 9.17) is 4.99 Å². The molecule has 0 amide bonds. The Morgan fingerprint density at radius 2 is 2.30 bits per heavy atom. The van der Waals surface area contributed by atoms with Crippen molar-refractivity contribution in [3.05, 3.63) is 11.1 Å². The van der Waals surface area contributed by atoms with E-state index in [9.17, 15) is 0 Å². The average Bonchev–Trinajstić information content (AvgIpc) is 3.26. The summed E-state index contributed by atoms with van der Waals surface area (Å²) in [5.41, 5.74) is 1.44. The summed E-state index contributed by atoms with van der Waals surface area (Å²) >= 11 is 3.69. The van der Waals surface area contributed by atoms with E-state index in [1.165, 1.54) is 55.8 Å². The van der Waals surface area contributed by atoms with Crippen LogP contribution in [0.4, 0.5) is 0 Å². The third-order valence-electron chi connectivity index (χ3n) is 5.16. The molecule has 0 aromatic heterocycles. The van der Waals surface area contributed by atoms with Gasteiger partial charge in [-0.25, -0.2) is 0 Å². The molecule has 4 rings (SSSR count). The molecule has 0 aromatic rings. The molecule has 4 aliphatic rings. The normalized spacial score (nSPS) is 32.1. The lowest BCUT2D eigenvalue weighted by atomic mass is 9.91. The second kappa shape index (κ2) is 7.09. The van der Waals surface area contributed by atoms with Crippen LogP contribution in [0.1, 0.15) is 51.9 Å². The van der Waals surface area contributed by atoms with Crippen LogP contribution in [-0.2, 0) is 0 Å². The maximum absolute atomic E-state index is 4.95. The molecule has 1 aliphatic carbocycles. The number of rotatable bonds is 5. The molecule has 0 saturated heterocycles. The van der Waals surface area contributed by atoms with E-state index < -0.39 is 0 Å². The molecule has 1 fully saturated rings. The molecular formula is C17H26N4S2. The lowest BCUT2D eigenvalue weighted by Gasteiger charge is -2.31. The summed E-state index contributed by atoms with van der Waals surface area (Å²) in [6, 6.07) is 1.76. The molecule has 126 valence electrons. The third kappa shape index (κ3) is 3.29. The first-order valence-electron chi connectivity index (χ1n) is 9.01. The Bertz CT molecular complexity index is 543. The molecule has 4 nitrogen and oxygen atoms in total. The number of hydrogen-bond donors (Lipinski definition) is 1.